The summed E-state index contributed by atoms with van der Waals surface area (Å²) in [5.74, 6) is -0.809. The van der Waals surface area contributed by atoms with Gasteiger partial charge in [-0.3, -0.25) is 0 Å². The topological polar surface area (TPSA) is 98.6 Å². The second-order valence-corrected chi connectivity index (χ2v) is 14.9. The van der Waals surface area contributed by atoms with E-state index >= 15 is 0 Å². The molecule has 2 N–H and O–H groups in total. The lowest BCUT2D eigenvalue weighted by Crippen LogP contribution is -2.41. The first-order chi connectivity index (χ1) is 22.7. The maximum Gasteiger partial charge on any atom is 0.512 e. The summed E-state index contributed by atoms with van der Waals surface area (Å²) in [6.45, 7) is 12.2. The largest absolute Gasteiger partial charge is 0.512 e. The number of allylic oxidation sites excluding steroid dienone is 5. The average molecular weight is 704 g/mol. The van der Waals surface area contributed by atoms with Gasteiger partial charge in [0.25, 0.3) is 0 Å². The van der Waals surface area contributed by atoms with Crippen LogP contribution in [0.1, 0.15) is 45.2 Å². The van der Waals surface area contributed by atoms with Crippen molar-refractivity contribution in [1.29, 1.82) is 0 Å². The lowest BCUT2D eigenvalue weighted by Gasteiger charge is -2.22. The molecule has 13 heteroatoms. The molecule has 0 amide bonds. The van der Waals surface area contributed by atoms with E-state index in [1.54, 1.807) is 0 Å². The summed E-state index contributed by atoms with van der Waals surface area (Å²) in [6.07, 6.45) is 8.40. The molecule has 0 atom stereocenters. The van der Waals surface area contributed by atoms with Crippen LogP contribution in [0.15, 0.2) is 90.5 Å². The number of hydrogen-bond donors (Lipinski definition) is 2. The lowest BCUT2D eigenvalue weighted by molar-refractivity contribution is -0.519. The molecule has 3 aromatic rings. The molecule has 258 valence electrons. The van der Waals surface area contributed by atoms with E-state index in [2.05, 4.69) is 91.1 Å². The fourth-order valence-electron chi connectivity index (χ4n) is 5.75. The number of hydrogen-bond acceptors (Lipinski definition) is 6. The second-order valence-electron chi connectivity index (χ2n) is 11.2. The first-order valence-electron chi connectivity index (χ1n) is 15.9. The number of alkyl halides is 3. The van der Waals surface area contributed by atoms with Gasteiger partial charge in [0.2, 0.25) is 10.0 Å². The third-order valence-corrected chi connectivity index (χ3v) is 11.5. The molecule has 0 spiro atoms. The summed E-state index contributed by atoms with van der Waals surface area (Å²) in [7, 11) is -10.7. The van der Waals surface area contributed by atoms with Crippen molar-refractivity contribution in [2.45, 2.75) is 39.6 Å². The smallest absolute Gasteiger partial charge is 0.385 e. The number of anilines is 2. The van der Waals surface area contributed by atoms with E-state index in [4.69, 9.17) is 0 Å². The van der Waals surface area contributed by atoms with Crippen LogP contribution in [0.25, 0.3) is 16.3 Å². The van der Waals surface area contributed by atoms with Crippen LogP contribution in [0.3, 0.4) is 0 Å². The van der Waals surface area contributed by atoms with Crippen molar-refractivity contribution in [3.8, 4) is 0 Å². The van der Waals surface area contributed by atoms with Crippen LogP contribution < -0.4 is 14.3 Å². The molecule has 0 unspecified atom stereocenters. The van der Waals surface area contributed by atoms with Gasteiger partial charge < -0.3 is 10.2 Å². The van der Waals surface area contributed by atoms with Crippen LogP contribution in [0, 0.1) is 0 Å². The third-order valence-electron chi connectivity index (χ3n) is 8.21. The zero-order valence-electron chi connectivity index (χ0n) is 27.5. The van der Waals surface area contributed by atoms with Gasteiger partial charge in [0.1, 0.15) is 13.1 Å². The normalized spacial score (nSPS) is 13.6. The quantitative estimate of drug-likeness (QED) is 0.144. The maximum absolute atomic E-state index is 12.7. The molecule has 48 heavy (non-hydrogen) atoms. The monoisotopic (exact) mass is 703 g/mol. The Morgan fingerprint density at radius 2 is 1.40 bits per heavy atom. The Labute approximate surface area is 281 Å². The van der Waals surface area contributed by atoms with E-state index in [0.29, 0.717) is 5.69 Å². The molecule has 0 fully saturated rings. The van der Waals surface area contributed by atoms with E-state index < -0.39 is 31.3 Å². The van der Waals surface area contributed by atoms with Crippen molar-refractivity contribution in [3.63, 3.8) is 0 Å². The molecule has 0 saturated carbocycles. The number of sulfonamides is 2. The molecule has 8 nitrogen and oxygen atoms in total. The van der Waals surface area contributed by atoms with Gasteiger partial charge in [0.05, 0.1) is 5.75 Å². The highest BCUT2D eigenvalue weighted by Gasteiger charge is 2.48. The van der Waals surface area contributed by atoms with Crippen LogP contribution in [-0.2, 0) is 20.0 Å². The Kier molecular flexibility index (Phi) is 11.9. The molecule has 3 aromatic carbocycles. The van der Waals surface area contributed by atoms with Crippen LogP contribution >= 0.6 is 0 Å². The van der Waals surface area contributed by atoms with Gasteiger partial charge in [-0.1, -0.05) is 42.5 Å². The first-order valence-corrected chi connectivity index (χ1v) is 19.0. The van der Waals surface area contributed by atoms with Gasteiger partial charge in [-0.25, -0.2) is 21.4 Å². The van der Waals surface area contributed by atoms with Crippen LogP contribution in [-0.4, -0.2) is 71.1 Å². The molecule has 0 radical (unpaired) electrons. The van der Waals surface area contributed by atoms with E-state index in [9.17, 15) is 30.0 Å². The predicted molar refractivity (Wildman–Crippen MR) is 190 cm³/mol. The van der Waals surface area contributed by atoms with Gasteiger partial charge in [0, 0.05) is 48.5 Å². The summed E-state index contributed by atoms with van der Waals surface area (Å²) in [4.78, 5) is 2.29. The van der Waals surface area contributed by atoms with Crippen molar-refractivity contribution in [2.75, 3.05) is 48.7 Å². The number of fused-ring (bicyclic) bond motifs is 1. The fourth-order valence-corrected chi connectivity index (χ4v) is 8.32. The van der Waals surface area contributed by atoms with Crippen molar-refractivity contribution in [1.82, 2.24) is 4.13 Å². The predicted octanol–water partition coefficient (Wildman–Crippen LogP) is 6.68. The molecule has 0 bridgehead atoms. The molecule has 0 saturated heterocycles. The Morgan fingerprint density at radius 1 is 0.792 bits per heavy atom. The lowest BCUT2D eigenvalue weighted by atomic mass is 9.87. The molecule has 0 heterocycles. The van der Waals surface area contributed by atoms with E-state index in [1.807, 2.05) is 36.4 Å². The Morgan fingerprint density at radius 3 is 1.96 bits per heavy atom. The summed E-state index contributed by atoms with van der Waals surface area (Å²) in [6, 6.07) is 20.2. The first kappa shape index (κ1) is 36.9. The van der Waals surface area contributed by atoms with Gasteiger partial charge in [-0.05, 0) is 92.1 Å². The number of rotatable bonds is 14. The minimum atomic E-state index is -6.02. The molecule has 4 rings (SSSR count). The van der Waals surface area contributed by atoms with Gasteiger partial charge in [-0.15, -0.1) is 4.13 Å². The Balaban J connectivity index is 1.70. The SMILES string of the molecule is CCN(CC)c1ccc(C(=C2C=CC(=[N+](CC)CC)C=C2)c2ccc(NCCCS(=O)(=O)NS(=O)(=O)C(F)(F)F)c3ccccc23)cc1. The Bertz CT molecular complexity index is 1940. The van der Waals surface area contributed by atoms with Gasteiger partial charge in [0.15, 0.2) is 5.71 Å². The number of halogens is 3. The summed E-state index contributed by atoms with van der Waals surface area (Å²) in [5, 5.41) is 5.00. The number of nitrogens with one attached hydrogen (secondary N) is 2. The van der Waals surface area contributed by atoms with Crippen molar-refractivity contribution >= 4 is 53.5 Å². The third kappa shape index (κ3) is 8.55. The molecular formula is C35H42F3N4O4S2+. The molecule has 1 aliphatic rings. The van der Waals surface area contributed by atoms with Crippen LogP contribution in [0.2, 0.25) is 0 Å². The molecule has 1 aliphatic carbocycles. The summed E-state index contributed by atoms with van der Waals surface area (Å²) < 4.78 is 87.7. The van der Waals surface area contributed by atoms with Crippen molar-refractivity contribution < 1.29 is 34.6 Å². The zero-order valence-corrected chi connectivity index (χ0v) is 29.1. The van der Waals surface area contributed by atoms with Crippen LogP contribution in [0.5, 0.6) is 0 Å². The summed E-state index contributed by atoms with van der Waals surface area (Å²) in [5.41, 5.74) is 1.36. The van der Waals surface area contributed by atoms with Crippen molar-refractivity contribution in [3.05, 3.63) is 102 Å². The minimum absolute atomic E-state index is 0.0759. The fraction of sp³-hybridized carbons (Fsp3) is 0.343. The maximum atomic E-state index is 12.7. The van der Waals surface area contributed by atoms with Gasteiger partial charge >= 0.3 is 15.5 Å². The van der Waals surface area contributed by atoms with E-state index in [-0.39, 0.29) is 13.0 Å². The standard InChI is InChI=1S/C35H41F3N4O4S2/c1-5-41(6-2)28-18-14-26(15-19-28)34(27-16-20-29(21-17-27)42(7-3)8-4)32-22-23-33(31-13-10-9-12-30(31)32)39-24-11-25-47(43,44)40-48(45,46)35(36,37)38/h9-10,12-23,40H,5-8,11,24-25H2,1-4H3/p+1. The average Bonchev–Trinajstić information content (AvgIpc) is 3.05. The number of nitrogens with zero attached hydrogens (tertiary/aromatic N) is 2. The zero-order chi connectivity index (χ0) is 35.1. The molecule has 0 aromatic heterocycles. The van der Waals surface area contributed by atoms with Crippen molar-refractivity contribution in [2.24, 2.45) is 0 Å². The molecular weight excluding hydrogens is 662 g/mol. The summed E-state index contributed by atoms with van der Waals surface area (Å²) >= 11 is 0. The minimum Gasteiger partial charge on any atom is -0.385 e. The van der Waals surface area contributed by atoms with Gasteiger partial charge in [-0.2, -0.15) is 13.2 Å². The highest BCUT2D eigenvalue weighted by Crippen LogP contribution is 2.37. The van der Waals surface area contributed by atoms with Crippen LogP contribution in [0.4, 0.5) is 24.5 Å². The number of benzene rings is 3. The second kappa shape index (κ2) is 15.5. The van der Waals surface area contributed by atoms with E-state index in [0.717, 1.165) is 74.8 Å². The van der Waals surface area contributed by atoms with E-state index in [1.165, 1.54) is 0 Å². The Hall–Kier alpha value is -3.94. The highest BCUT2D eigenvalue weighted by molar-refractivity contribution is 8.05. The molecule has 0 aliphatic heterocycles. The highest BCUT2D eigenvalue weighted by atomic mass is 32.3.